The lowest BCUT2D eigenvalue weighted by atomic mass is 10.1. The van der Waals surface area contributed by atoms with Crippen LogP contribution in [-0.2, 0) is 15.0 Å². The number of hydrogen-bond donors (Lipinski definition) is 3. The second-order valence-corrected chi connectivity index (χ2v) is 6.45. The zero-order valence-corrected chi connectivity index (χ0v) is 11.6. The van der Waals surface area contributed by atoms with Crippen molar-refractivity contribution in [1.29, 1.82) is 0 Å². The lowest BCUT2D eigenvalue weighted by Gasteiger charge is -2.22. The standard InChI is InChI=1S/C10H22N2O4S/c1-5-6-7-8(9(13)14)11-17(15,16)12-10(2,3)4/h8,11-12H,5-7H2,1-4H3,(H,13,14). The van der Waals surface area contributed by atoms with Crippen LogP contribution in [0.4, 0.5) is 0 Å². The fraction of sp³-hybridized carbons (Fsp3) is 0.900. The molecule has 0 spiro atoms. The molecule has 102 valence electrons. The molecule has 7 heteroatoms. The Morgan fingerprint density at radius 2 is 1.88 bits per heavy atom. The van der Waals surface area contributed by atoms with E-state index in [4.69, 9.17) is 5.11 Å². The van der Waals surface area contributed by atoms with E-state index in [1.807, 2.05) is 6.92 Å². The zero-order valence-electron chi connectivity index (χ0n) is 10.8. The lowest BCUT2D eigenvalue weighted by Crippen LogP contribution is -2.51. The Morgan fingerprint density at radius 3 is 2.24 bits per heavy atom. The molecule has 0 rings (SSSR count). The molecule has 0 saturated heterocycles. The minimum Gasteiger partial charge on any atom is -0.480 e. The normalized spacial score (nSPS) is 14.6. The number of rotatable bonds is 7. The second kappa shape index (κ2) is 6.32. The molecule has 0 radical (unpaired) electrons. The van der Waals surface area contributed by atoms with E-state index in [1.165, 1.54) is 0 Å². The smallest absolute Gasteiger partial charge is 0.321 e. The molecule has 0 aromatic rings. The van der Waals surface area contributed by atoms with Crippen molar-refractivity contribution in [2.75, 3.05) is 0 Å². The third kappa shape index (κ3) is 8.12. The number of carbonyl (C=O) groups is 1. The van der Waals surface area contributed by atoms with E-state index < -0.39 is 27.8 Å². The van der Waals surface area contributed by atoms with E-state index in [1.54, 1.807) is 20.8 Å². The molecule has 1 atom stereocenters. The van der Waals surface area contributed by atoms with E-state index in [9.17, 15) is 13.2 Å². The molecule has 0 fully saturated rings. The van der Waals surface area contributed by atoms with Crippen molar-refractivity contribution in [3.05, 3.63) is 0 Å². The van der Waals surface area contributed by atoms with E-state index in [0.717, 1.165) is 6.42 Å². The minimum atomic E-state index is -3.79. The summed E-state index contributed by atoms with van der Waals surface area (Å²) in [4.78, 5) is 10.9. The SMILES string of the molecule is CCCCC(NS(=O)(=O)NC(C)(C)C)C(=O)O. The summed E-state index contributed by atoms with van der Waals surface area (Å²) in [6.45, 7) is 6.98. The molecule has 0 aromatic heterocycles. The molecule has 1 unspecified atom stereocenters. The quantitative estimate of drug-likeness (QED) is 0.636. The summed E-state index contributed by atoms with van der Waals surface area (Å²) in [6.07, 6.45) is 1.77. The van der Waals surface area contributed by atoms with Crippen LogP contribution >= 0.6 is 0 Å². The molecule has 0 aliphatic carbocycles. The summed E-state index contributed by atoms with van der Waals surface area (Å²) in [7, 11) is -3.79. The molecular formula is C10H22N2O4S. The summed E-state index contributed by atoms with van der Waals surface area (Å²) >= 11 is 0. The third-order valence-corrected chi connectivity index (χ3v) is 3.36. The zero-order chi connectivity index (χ0) is 13.7. The number of carboxylic acid groups (broad SMARTS) is 1. The molecular weight excluding hydrogens is 244 g/mol. The third-order valence-electron chi connectivity index (χ3n) is 1.88. The van der Waals surface area contributed by atoms with E-state index in [2.05, 4.69) is 9.44 Å². The average molecular weight is 266 g/mol. The van der Waals surface area contributed by atoms with Crippen molar-refractivity contribution in [2.45, 2.75) is 58.5 Å². The molecule has 17 heavy (non-hydrogen) atoms. The van der Waals surface area contributed by atoms with Crippen molar-refractivity contribution in [3.8, 4) is 0 Å². The van der Waals surface area contributed by atoms with Gasteiger partial charge in [-0.3, -0.25) is 4.79 Å². The van der Waals surface area contributed by atoms with Gasteiger partial charge in [-0.1, -0.05) is 19.8 Å². The Labute approximate surface area is 103 Å². The van der Waals surface area contributed by atoms with Crippen LogP contribution in [0, 0.1) is 0 Å². The number of carboxylic acids is 1. The highest BCUT2D eigenvalue weighted by molar-refractivity contribution is 7.87. The molecule has 0 aliphatic heterocycles. The molecule has 0 saturated carbocycles. The van der Waals surface area contributed by atoms with Crippen molar-refractivity contribution in [2.24, 2.45) is 0 Å². The Bertz CT molecular complexity index is 346. The predicted molar refractivity (Wildman–Crippen MR) is 65.9 cm³/mol. The first-order chi connectivity index (χ1) is 7.57. The molecule has 0 heterocycles. The summed E-state index contributed by atoms with van der Waals surface area (Å²) < 4.78 is 27.8. The number of unbranched alkanes of at least 4 members (excludes halogenated alkanes) is 1. The Kier molecular flexibility index (Phi) is 6.08. The topological polar surface area (TPSA) is 95.5 Å². The number of nitrogens with one attached hydrogen (secondary N) is 2. The monoisotopic (exact) mass is 266 g/mol. The van der Waals surface area contributed by atoms with Crippen LogP contribution < -0.4 is 9.44 Å². The van der Waals surface area contributed by atoms with Gasteiger partial charge < -0.3 is 5.11 Å². The molecule has 3 N–H and O–H groups in total. The molecule has 6 nitrogen and oxygen atoms in total. The summed E-state index contributed by atoms with van der Waals surface area (Å²) in [5.74, 6) is -1.15. The Morgan fingerprint density at radius 1 is 1.35 bits per heavy atom. The fourth-order valence-electron chi connectivity index (χ4n) is 1.26. The van der Waals surface area contributed by atoms with Gasteiger partial charge in [-0.05, 0) is 27.2 Å². The minimum absolute atomic E-state index is 0.289. The second-order valence-electron chi connectivity index (χ2n) is 5.01. The van der Waals surface area contributed by atoms with Crippen LogP contribution in [0.5, 0.6) is 0 Å². The van der Waals surface area contributed by atoms with Gasteiger partial charge in [-0.25, -0.2) is 0 Å². The average Bonchev–Trinajstić information content (AvgIpc) is 2.07. The van der Waals surface area contributed by atoms with Gasteiger partial charge in [0.2, 0.25) is 0 Å². The highest BCUT2D eigenvalue weighted by Gasteiger charge is 2.26. The van der Waals surface area contributed by atoms with Gasteiger partial charge in [-0.2, -0.15) is 17.9 Å². The van der Waals surface area contributed by atoms with Gasteiger partial charge in [0.25, 0.3) is 10.2 Å². The van der Waals surface area contributed by atoms with Crippen LogP contribution in [0.3, 0.4) is 0 Å². The Hall–Kier alpha value is -0.660. The highest BCUT2D eigenvalue weighted by Crippen LogP contribution is 2.05. The fourth-order valence-corrected chi connectivity index (χ4v) is 2.72. The van der Waals surface area contributed by atoms with Gasteiger partial charge in [0.1, 0.15) is 6.04 Å². The van der Waals surface area contributed by atoms with Gasteiger partial charge in [0.05, 0.1) is 0 Å². The maximum atomic E-state index is 11.6. The van der Waals surface area contributed by atoms with Crippen LogP contribution in [0.1, 0.15) is 47.0 Å². The van der Waals surface area contributed by atoms with E-state index in [-0.39, 0.29) is 6.42 Å². The summed E-state index contributed by atoms with van der Waals surface area (Å²) in [6, 6.07) is -1.07. The first-order valence-electron chi connectivity index (χ1n) is 5.61. The highest BCUT2D eigenvalue weighted by atomic mass is 32.2. The van der Waals surface area contributed by atoms with Crippen molar-refractivity contribution in [1.82, 2.24) is 9.44 Å². The van der Waals surface area contributed by atoms with Crippen LogP contribution in [0.25, 0.3) is 0 Å². The Balaban J connectivity index is 4.59. The molecule has 0 bridgehead atoms. The molecule has 0 amide bonds. The van der Waals surface area contributed by atoms with Crippen LogP contribution in [-0.4, -0.2) is 31.1 Å². The van der Waals surface area contributed by atoms with Crippen molar-refractivity contribution < 1.29 is 18.3 Å². The number of aliphatic carboxylic acids is 1. The maximum Gasteiger partial charge on any atom is 0.321 e. The van der Waals surface area contributed by atoms with Gasteiger partial charge in [0, 0.05) is 5.54 Å². The van der Waals surface area contributed by atoms with Gasteiger partial charge in [0.15, 0.2) is 0 Å². The number of hydrogen-bond acceptors (Lipinski definition) is 3. The van der Waals surface area contributed by atoms with Gasteiger partial charge in [-0.15, -0.1) is 0 Å². The molecule has 0 aliphatic rings. The summed E-state index contributed by atoms with van der Waals surface area (Å²) in [5.41, 5.74) is -0.639. The maximum absolute atomic E-state index is 11.6. The lowest BCUT2D eigenvalue weighted by molar-refractivity contribution is -0.139. The summed E-state index contributed by atoms with van der Waals surface area (Å²) in [5, 5.41) is 8.91. The first kappa shape index (κ1) is 16.3. The van der Waals surface area contributed by atoms with E-state index in [0.29, 0.717) is 6.42 Å². The first-order valence-corrected chi connectivity index (χ1v) is 7.10. The van der Waals surface area contributed by atoms with Gasteiger partial charge >= 0.3 is 5.97 Å². The predicted octanol–water partition coefficient (Wildman–Crippen LogP) is 0.852. The van der Waals surface area contributed by atoms with Crippen LogP contribution in [0.2, 0.25) is 0 Å². The largest absolute Gasteiger partial charge is 0.480 e. The van der Waals surface area contributed by atoms with E-state index >= 15 is 0 Å². The van der Waals surface area contributed by atoms with Crippen molar-refractivity contribution in [3.63, 3.8) is 0 Å². The van der Waals surface area contributed by atoms with Crippen LogP contribution in [0.15, 0.2) is 0 Å². The van der Waals surface area contributed by atoms with Crippen molar-refractivity contribution >= 4 is 16.2 Å². The molecule has 0 aromatic carbocycles.